The number of rotatable bonds is 3. The van der Waals surface area contributed by atoms with Crippen LogP contribution < -0.4 is 9.80 Å². The van der Waals surface area contributed by atoms with Gasteiger partial charge >= 0.3 is 0 Å². The Morgan fingerprint density at radius 2 is 1.50 bits per heavy atom. The van der Waals surface area contributed by atoms with E-state index in [1.165, 1.54) is 0 Å². The predicted molar refractivity (Wildman–Crippen MR) is 112 cm³/mol. The van der Waals surface area contributed by atoms with Crippen LogP contribution >= 0.6 is 23.2 Å². The van der Waals surface area contributed by atoms with Crippen molar-refractivity contribution >= 4 is 46.4 Å². The van der Waals surface area contributed by atoms with E-state index < -0.39 is 0 Å². The van der Waals surface area contributed by atoms with Crippen LogP contribution in [0.1, 0.15) is 6.42 Å². The largest absolute Gasteiger partial charge is 0.368 e. The summed E-state index contributed by atoms with van der Waals surface area (Å²) in [4.78, 5) is 31.2. The van der Waals surface area contributed by atoms with E-state index in [0.29, 0.717) is 29.7 Å². The second-order valence-electron chi connectivity index (χ2n) is 7.18. The molecule has 0 bridgehead atoms. The fraction of sp³-hybridized carbons (Fsp3) is 0.333. The Labute approximate surface area is 174 Å². The number of hydrogen-bond donors (Lipinski definition) is 0. The van der Waals surface area contributed by atoms with Gasteiger partial charge in [-0.1, -0.05) is 35.3 Å². The molecule has 0 N–H and O–H groups in total. The van der Waals surface area contributed by atoms with Gasteiger partial charge < -0.3 is 14.7 Å². The zero-order valence-corrected chi connectivity index (χ0v) is 16.9. The maximum atomic E-state index is 13.0. The third-order valence-corrected chi connectivity index (χ3v) is 5.83. The average molecular weight is 418 g/mol. The molecule has 7 heteroatoms. The van der Waals surface area contributed by atoms with E-state index in [4.69, 9.17) is 23.2 Å². The highest BCUT2D eigenvalue weighted by Crippen LogP contribution is 2.29. The molecular weight excluding hydrogens is 397 g/mol. The van der Waals surface area contributed by atoms with Crippen molar-refractivity contribution in [3.63, 3.8) is 0 Å². The first-order valence-corrected chi connectivity index (χ1v) is 10.1. The summed E-state index contributed by atoms with van der Waals surface area (Å²) in [6.45, 7) is 3.21. The monoisotopic (exact) mass is 417 g/mol. The number of benzene rings is 2. The Hall–Kier alpha value is -2.24. The van der Waals surface area contributed by atoms with Gasteiger partial charge in [0.25, 0.3) is 0 Å². The molecule has 4 rings (SSSR count). The highest BCUT2D eigenvalue weighted by Gasteiger charge is 2.38. The standard InChI is InChI=1S/C21H21Cl2N3O2/c22-16-3-1-5-18(12-16)24-7-9-25(10-8-24)21(28)15-11-20(27)26(14-15)19-6-2-4-17(23)13-19/h1-6,12-13,15H,7-11,14H2. The minimum absolute atomic E-state index is 0.0295. The Balaban J connectivity index is 1.37. The lowest BCUT2D eigenvalue weighted by atomic mass is 10.1. The lowest BCUT2D eigenvalue weighted by molar-refractivity contribution is -0.136. The summed E-state index contributed by atoms with van der Waals surface area (Å²) < 4.78 is 0. The summed E-state index contributed by atoms with van der Waals surface area (Å²) >= 11 is 12.1. The molecule has 2 aliphatic rings. The predicted octanol–water partition coefficient (Wildman–Crippen LogP) is 3.70. The number of hydrogen-bond acceptors (Lipinski definition) is 3. The van der Waals surface area contributed by atoms with E-state index in [1.54, 1.807) is 17.0 Å². The third kappa shape index (κ3) is 3.96. The normalized spacial score (nSPS) is 20.0. The third-order valence-electron chi connectivity index (χ3n) is 5.36. The number of anilines is 2. The topological polar surface area (TPSA) is 43.9 Å². The van der Waals surface area contributed by atoms with Crippen LogP contribution in [0.4, 0.5) is 11.4 Å². The number of carbonyl (C=O) groups excluding carboxylic acids is 2. The summed E-state index contributed by atoms with van der Waals surface area (Å²) in [5, 5.41) is 1.29. The Kier molecular flexibility index (Phi) is 5.47. The molecule has 2 aliphatic heterocycles. The van der Waals surface area contributed by atoms with Gasteiger partial charge in [0, 0.05) is 60.6 Å². The summed E-state index contributed by atoms with van der Waals surface area (Å²) in [5.74, 6) is -0.272. The molecule has 146 valence electrons. The van der Waals surface area contributed by atoms with Crippen molar-refractivity contribution in [2.45, 2.75) is 6.42 Å². The van der Waals surface area contributed by atoms with Crippen molar-refractivity contribution in [3.05, 3.63) is 58.6 Å². The number of carbonyl (C=O) groups is 2. The zero-order valence-electron chi connectivity index (χ0n) is 15.4. The van der Waals surface area contributed by atoms with Gasteiger partial charge in [0.15, 0.2) is 0 Å². The lowest BCUT2D eigenvalue weighted by Gasteiger charge is -2.37. The van der Waals surface area contributed by atoms with E-state index in [2.05, 4.69) is 4.90 Å². The van der Waals surface area contributed by atoms with Gasteiger partial charge in [-0.05, 0) is 36.4 Å². The maximum absolute atomic E-state index is 13.0. The van der Waals surface area contributed by atoms with Crippen molar-refractivity contribution in [2.24, 2.45) is 5.92 Å². The van der Waals surface area contributed by atoms with E-state index in [1.807, 2.05) is 41.3 Å². The van der Waals surface area contributed by atoms with Crippen molar-refractivity contribution in [1.29, 1.82) is 0 Å². The van der Waals surface area contributed by atoms with E-state index in [-0.39, 0.29) is 24.2 Å². The first-order chi connectivity index (χ1) is 13.5. The summed E-state index contributed by atoms with van der Waals surface area (Å²) in [6, 6.07) is 15.0. The highest BCUT2D eigenvalue weighted by atomic mass is 35.5. The number of amides is 2. The molecule has 0 aliphatic carbocycles. The second kappa shape index (κ2) is 8.02. The van der Waals surface area contributed by atoms with Crippen molar-refractivity contribution in [1.82, 2.24) is 4.90 Å². The van der Waals surface area contributed by atoms with Gasteiger partial charge in [0.2, 0.25) is 11.8 Å². The number of nitrogens with zero attached hydrogens (tertiary/aromatic N) is 3. The molecule has 0 spiro atoms. The Bertz CT molecular complexity index is 897. The molecule has 0 radical (unpaired) electrons. The van der Waals surface area contributed by atoms with Crippen LogP contribution in [-0.2, 0) is 9.59 Å². The van der Waals surface area contributed by atoms with E-state index >= 15 is 0 Å². The molecule has 2 fully saturated rings. The molecule has 2 saturated heterocycles. The molecule has 2 amide bonds. The minimum atomic E-state index is -0.302. The molecule has 5 nitrogen and oxygen atoms in total. The van der Waals surface area contributed by atoms with Crippen molar-refractivity contribution in [3.8, 4) is 0 Å². The molecule has 0 saturated carbocycles. The van der Waals surface area contributed by atoms with Crippen LogP contribution in [0.5, 0.6) is 0 Å². The summed E-state index contributed by atoms with van der Waals surface area (Å²) in [6.07, 6.45) is 0.250. The fourth-order valence-corrected chi connectivity index (χ4v) is 4.25. The first kappa shape index (κ1) is 19.1. The summed E-state index contributed by atoms with van der Waals surface area (Å²) in [5.41, 5.74) is 1.82. The quantitative estimate of drug-likeness (QED) is 0.764. The van der Waals surface area contributed by atoms with Crippen molar-refractivity contribution in [2.75, 3.05) is 42.5 Å². The molecular formula is C21H21Cl2N3O2. The molecule has 2 heterocycles. The van der Waals surface area contributed by atoms with Crippen molar-refractivity contribution < 1.29 is 9.59 Å². The van der Waals surface area contributed by atoms with Crippen LogP contribution in [0.15, 0.2) is 48.5 Å². The van der Waals surface area contributed by atoms with Gasteiger partial charge in [-0.15, -0.1) is 0 Å². The molecule has 1 atom stereocenters. The lowest BCUT2D eigenvalue weighted by Crippen LogP contribution is -2.50. The van der Waals surface area contributed by atoms with Gasteiger partial charge in [-0.2, -0.15) is 0 Å². The highest BCUT2D eigenvalue weighted by molar-refractivity contribution is 6.31. The van der Waals surface area contributed by atoms with Crippen LogP contribution in [0.3, 0.4) is 0 Å². The molecule has 2 aromatic carbocycles. The van der Waals surface area contributed by atoms with Gasteiger partial charge in [0.05, 0.1) is 5.92 Å². The molecule has 28 heavy (non-hydrogen) atoms. The average Bonchev–Trinajstić information content (AvgIpc) is 3.09. The van der Waals surface area contributed by atoms with Crippen LogP contribution in [-0.4, -0.2) is 49.4 Å². The summed E-state index contributed by atoms with van der Waals surface area (Å²) in [7, 11) is 0. The number of halogens is 2. The second-order valence-corrected chi connectivity index (χ2v) is 8.05. The minimum Gasteiger partial charge on any atom is -0.368 e. The van der Waals surface area contributed by atoms with Crippen LogP contribution in [0.2, 0.25) is 10.0 Å². The van der Waals surface area contributed by atoms with E-state index in [0.717, 1.165) is 24.5 Å². The van der Waals surface area contributed by atoms with Crippen LogP contribution in [0.25, 0.3) is 0 Å². The van der Waals surface area contributed by atoms with Gasteiger partial charge in [0.1, 0.15) is 0 Å². The van der Waals surface area contributed by atoms with Gasteiger partial charge in [-0.25, -0.2) is 0 Å². The molecule has 1 unspecified atom stereocenters. The Morgan fingerprint density at radius 1 is 0.893 bits per heavy atom. The van der Waals surface area contributed by atoms with E-state index in [9.17, 15) is 9.59 Å². The van der Waals surface area contributed by atoms with Crippen LogP contribution in [0, 0.1) is 5.92 Å². The maximum Gasteiger partial charge on any atom is 0.228 e. The first-order valence-electron chi connectivity index (χ1n) is 9.36. The fourth-order valence-electron chi connectivity index (χ4n) is 3.88. The molecule has 0 aromatic heterocycles. The van der Waals surface area contributed by atoms with Gasteiger partial charge in [-0.3, -0.25) is 9.59 Å². The Morgan fingerprint density at radius 3 is 2.14 bits per heavy atom. The molecule has 2 aromatic rings. The zero-order chi connectivity index (χ0) is 19.7. The smallest absolute Gasteiger partial charge is 0.228 e. The number of piperazine rings is 1. The SMILES string of the molecule is O=C(C1CC(=O)N(c2cccc(Cl)c2)C1)N1CCN(c2cccc(Cl)c2)CC1.